The zero-order valence-electron chi connectivity index (χ0n) is 23.0. The third kappa shape index (κ3) is 5.86. The van der Waals surface area contributed by atoms with Crippen LogP contribution in [0, 0.1) is 0 Å². The third-order valence-electron chi connectivity index (χ3n) is 7.61. The van der Waals surface area contributed by atoms with Crippen LogP contribution in [0.3, 0.4) is 0 Å². The van der Waals surface area contributed by atoms with Crippen molar-refractivity contribution in [3.8, 4) is 22.9 Å². The number of H-pyrrole nitrogens is 1. The standard InChI is InChI=1S/C32H33N5O4/c1-40-15-16-41-24-8-9-25-28(18-24)33-20-34-30(25)29-26-17-22(7-10-27(26)36-32(29)39)31(38)35-23-11-13-37(14-12-23)19-21-5-3-2-4-6-21/h2-10,17-18,20,23,36,39H,11-16,19H2,1H3,(H,35,38). The van der Waals surface area contributed by atoms with E-state index in [1.807, 2.05) is 36.4 Å². The second kappa shape index (κ2) is 12.0. The summed E-state index contributed by atoms with van der Waals surface area (Å²) >= 11 is 0. The van der Waals surface area contributed by atoms with Gasteiger partial charge in [0.25, 0.3) is 5.91 Å². The Hall–Kier alpha value is -4.47. The molecule has 41 heavy (non-hydrogen) atoms. The Bertz CT molecular complexity index is 1660. The first kappa shape index (κ1) is 26.7. The molecule has 1 aliphatic heterocycles. The first-order valence-corrected chi connectivity index (χ1v) is 13.9. The molecule has 3 N–H and O–H groups in total. The molecule has 9 nitrogen and oxygen atoms in total. The van der Waals surface area contributed by atoms with E-state index in [1.54, 1.807) is 13.2 Å². The molecule has 9 heteroatoms. The lowest BCUT2D eigenvalue weighted by Crippen LogP contribution is -2.44. The lowest BCUT2D eigenvalue weighted by Gasteiger charge is -2.32. The van der Waals surface area contributed by atoms with Gasteiger partial charge in [0, 0.05) is 60.7 Å². The van der Waals surface area contributed by atoms with Gasteiger partial charge in [0.1, 0.15) is 18.7 Å². The number of ether oxygens (including phenoxy) is 2. The number of likely N-dealkylation sites (tertiary alicyclic amines) is 1. The van der Waals surface area contributed by atoms with E-state index in [0.29, 0.717) is 46.7 Å². The fraction of sp³-hybridized carbons (Fsp3) is 0.281. The number of carbonyl (C=O) groups excluding carboxylic acids is 1. The number of benzene rings is 3. The SMILES string of the molecule is COCCOc1ccc2c(-c3c(O)[nH]c4ccc(C(=O)NC5CCN(Cc6ccccc6)CC5)cc34)ncnc2c1. The van der Waals surface area contributed by atoms with Crippen LogP contribution in [0.15, 0.2) is 73.1 Å². The van der Waals surface area contributed by atoms with E-state index >= 15 is 0 Å². The lowest BCUT2D eigenvalue weighted by atomic mass is 10.0. The minimum absolute atomic E-state index is 0.0104. The maximum Gasteiger partial charge on any atom is 0.251 e. The number of carbonyl (C=O) groups is 1. The van der Waals surface area contributed by atoms with Crippen LogP contribution < -0.4 is 10.1 Å². The summed E-state index contributed by atoms with van der Waals surface area (Å²) in [5, 5.41) is 15.6. The minimum atomic E-state index is -0.120. The number of amides is 1. The van der Waals surface area contributed by atoms with Crippen LogP contribution in [0.2, 0.25) is 0 Å². The Labute approximate surface area is 238 Å². The van der Waals surface area contributed by atoms with Gasteiger partial charge in [-0.15, -0.1) is 0 Å². The van der Waals surface area contributed by atoms with Crippen LogP contribution >= 0.6 is 0 Å². The number of aromatic nitrogens is 3. The smallest absolute Gasteiger partial charge is 0.251 e. The Morgan fingerprint density at radius 1 is 1.02 bits per heavy atom. The highest BCUT2D eigenvalue weighted by molar-refractivity contribution is 6.07. The highest BCUT2D eigenvalue weighted by Crippen LogP contribution is 2.39. The van der Waals surface area contributed by atoms with E-state index in [2.05, 4.69) is 49.4 Å². The van der Waals surface area contributed by atoms with Crippen molar-refractivity contribution in [2.24, 2.45) is 0 Å². The van der Waals surface area contributed by atoms with Gasteiger partial charge in [-0.1, -0.05) is 30.3 Å². The summed E-state index contributed by atoms with van der Waals surface area (Å²) < 4.78 is 10.8. The number of piperidine rings is 1. The molecule has 0 spiro atoms. The number of nitrogens with zero attached hydrogens (tertiary/aromatic N) is 3. The first-order valence-electron chi connectivity index (χ1n) is 13.9. The molecule has 210 valence electrons. The number of fused-ring (bicyclic) bond motifs is 2. The number of rotatable bonds is 9. The summed E-state index contributed by atoms with van der Waals surface area (Å²) in [6, 6.07) is 21.6. The summed E-state index contributed by atoms with van der Waals surface area (Å²) in [4.78, 5) is 27.7. The van der Waals surface area contributed by atoms with Crippen LogP contribution in [0.5, 0.6) is 11.6 Å². The van der Waals surface area contributed by atoms with Gasteiger partial charge in [-0.05, 0) is 48.7 Å². The molecule has 0 aliphatic carbocycles. The molecular weight excluding hydrogens is 518 g/mol. The quantitative estimate of drug-likeness (QED) is 0.223. The summed E-state index contributed by atoms with van der Waals surface area (Å²) in [6.45, 7) is 3.72. The molecule has 1 saturated heterocycles. The largest absolute Gasteiger partial charge is 0.494 e. The van der Waals surface area contributed by atoms with E-state index in [9.17, 15) is 9.90 Å². The summed E-state index contributed by atoms with van der Waals surface area (Å²) in [5.74, 6) is 0.543. The van der Waals surface area contributed by atoms with Gasteiger partial charge >= 0.3 is 0 Å². The second-order valence-electron chi connectivity index (χ2n) is 10.4. The van der Waals surface area contributed by atoms with Crippen LogP contribution in [-0.2, 0) is 11.3 Å². The number of aromatic amines is 1. The predicted octanol–water partition coefficient (Wildman–Crippen LogP) is 4.90. The fourth-order valence-electron chi connectivity index (χ4n) is 5.47. The molecule has 2 aromatic heterocycles. The van der Waals surface area contributed by atoms with E-state index < -0.39 is 0 Å². The molecule has 5 aromatic rings. The van der Waals surface area contributed by atoms with Crippen molar-refractivity contribution in [2.45, 2.75) is 25.4 Å². The van der Waals surface area contributed by atoms with E-state index in [-0.39, 0.29) is 17.8 Å². The van der Waals surface area contributed by atoms with Crippen molar-refractivity contribution in [3.05, 3.63) is 84.2 Å². The molecule has 0 saturated carbocycles. The van der Waals surface area contributed by atoms with Crippen molar-refractivity contribution in [1.29, 1.82) is 0 Å². The zero-order valence-corrected chi connectivity index (χ0v) is 23.0. The molecule has 0 unspecified atom stereocenters. The zero-order chi connectivity index (χ0) is 28.2. The lowest BCUT2D eigenvalue weighted by molar-refractivity contribution is 0.0909. The highest BCUT2D eigenvalue weighted by Gasteiger charge is 2.23. The molecular formula is C32H33N5O4. The van der Waals surface area contributed by atoms with Gasteiger partial charge in [0.15, 0.2) is 5.88 Å². The van der Waals surface area contributed by atoms with Gasteiger partial charge in [-0.25, -0.2) is 9.97 Å². The fourth-order valence-corrected chi connectivity index (χ4v) is 5.47. The second-order valence-corrected chi connectivity index (χ2v) is 10.4. The third-order valence-corrected chi connectivity index (χ3v) is 7.61. The molecule has 3 heterocycles. The molecule has 1 aliphatic rings. The number of hydrogen-bond donors (Lipinski definition) is 3. The summed E-state index contributed by atoms with van der Waals surface area (Å²) in [7, 11) is 1.63. The topological polar surface area (TPSA) is 113 Å². The molecule has 1 amide bonds. The van der Waals surface area contributed by atoms with E-state index in [1.165, 1.54) is 11.9 Å². The molecule has 3 aromatic carbocycles. The van der Waals surface area contributed by atoms with E-state index in [0.717, 1.165) is 43.4 Å². The normalized spacial score (nSPS) is 14.5. The van der Waals surface area contributed by atoms with Crippen molar-refractivity contribution in [3.63, 3.8) is 0 Å². The molecule has 0 radical (unpaired) electrons. The van der Waals surface area contributed by atoms with Gasteiger partial charge < -0.3 is 24.9 Å². The Kier molecular flexibility index (Phi) is 7.80. The molecule has 0 atom stereocenters. The number of methoxy groups -OCH3 is 1. The Morgan fingerprint density at radius 3 is 2.66 bits per heavy atom. The van der Waals surface area contributed by atoms with Crippen LogP contribution in [0.4, 0.5) is 0 Å². The maximum absolute atomic E-state index is 13.3. The van der Waals surface area contributed by atoms with Crippen LogP contribution in [0.1, 0.15) is 28.8 Å². The highest BCUT2D eigenvalue weighted by atomic mass is 16.5. The molecule has 1 fully saturated rings. The average molecular weight is 552 g/mol. The van der Waals surface area contributed by atoms with Crippen LogP contribution in [-0.4, -0.2) is 70.3 Å². The average Bonchev–Trinajstić information content (AvgIpc) is 3.33. The van der Waals surface area contributed by atoms with Crippen molar-refractivity contribution in [2.75, 3.05) is 33.4 Å². The van der Waals surface area contributed by atoms with Gasteiger partial charge in [-0.2, -0.15) is 0 Å². The van der Waals surface area contributed by atoms with Gasteiger partial charge in [0.05, 0.1) is 23.4 Å². The van der Waals surface area contributed by atoms with Crippen LogP contribution in [0.25, 0.3) is 33.1 Å². The Balaban J connectivity index is 1.20. The predicted molar refractivity (Wildman–Crippen MR) is 158 cm³/mol. The van der Waals surface area contributed by atoms with Crippen molar-refractivity contribution in [1.82, 2.24) is 25.2 Å². The minimum Gasteiger partial charge on any atom is -0.494 e. The summed E-state index contributed by atoms with van der Waals surface area (Å²) in [5.41, 5.74) is 4.36. The van der Waals surface area contributed by atoms with Gasteiger partial charge in [0.2, 0.25) is 0 Å². The van der Waals surface area contributed by atoms with Gasteiger partial charge in [-0.3, -0.25) is 9.69 Å². The summed E-state index contributed by atoms with van der Waals surface area (Å²) in [6.07, 6.45) is 3.28. The number of aromatic hydroxyl groups is 1. The monoisotopic (exact) mass is 551 g/mol. The number of hydrogen-bond acceptors (Lipinski definition) is 7. The van der Waals surface area contributed by atoms with E-state index in [4.69, 9.17) is 9.47 Å². The van der Waals surface area contributed by atoms with Crippen molar-refractivity contribution >= 4 is 27.7 Å². The maximum atomic E-state index is 13.3. The van der Waals surface area contributed by atoms with Crippen molar-refractivity contribution < 1.29 is 19.4 Å². The first-order chi connectivity index (χ1) is 20.1. The molecule has 0 bridgehead atoms. The Morgan fingerprint density at radius 2 is 1.85 bits per heavy atom. The number of nitrogens with one attached hydrogen (secondary N) is 2. The molecule has 6 rings (SSSR count).